The highest BCUT2D eigenvalue weighted by Crippen LogP contribution is 2.29. The molecule has 78 valence electrons. The smallest absolute Gasteiger partial charge is 0.119 e. The number of aliphatic imine (C=N–C) groups is 1. The molecule has 0 saturated heterocycles. The normalized spacial score (nSPS) is 9.40. The topological polar surface area (TPSA) is 21.6 Å². The number of para-hydroxylation sites is 1. The van der Waals surface area contributed by atoms with Crippen LogP contribution in [0.5, 0.6) is 0 Å². The van der Waals surface area contributed by atoms with E-state index >= 15 is 0 Å². The van der Waals surface area contributed by atoms with Gasteiger partial charge in [0.05, 0.1) is 12.3 Å². The molecule has 0 heterocycles. The number of hydrogen-bond donors (Lipinski definition) is 0. The number of allylic oxidation sites excluding steroid dienone is 1. The van der Waals surface area contributed by atoms with E-state index in [1.54, 1.807) is 0 Å². The molecule has 1 aromatic rings. The van der Waals surface area contributed by atoms with Crippen LogP contribution in [0.15, 0.2) is 48.2 Å². The second-order valence-corrected chi connectivity index (χ2v) is 3.01. The second-order valence-electron chi connectivity index (χ2n) is 3.01. The lowest BCUT2D eigenvalue weighted by molar-refractivity contribution is 0.248. The van der Waals surface area contributed by atoms with Gasteiger partial charge in [-0.1, -0.05) is 31.4 Å². The minimum atomic E-state index is 0.577. The molecule has 0 aromatic heterocycles. The van der Waals surface area contributed by atoms with E-state index in [2.05, 4.69) is 24.9 Å². The quantitative estimate of drug-likeness (QED) is 0.405. The zero-order valence-electron chi connectivity index (χ0n) is 8.99. The molecule has 0 atom stereocenters. The Balaban J connectivity index is 3.00. The molecule has 0 N–H and O–H groups in total. The number of nitrogens with zero attached hydrogens (tertiary/aromatic N) is 1. The van der Waals surface area contributed by atoms with E-state index in [0.29, 0.717) is 12.4 Å². The summed E-state index contributed by atoms with van der Waals surface area (Å²) in [5.74, 6) is 0.577. The summed E-state index contributed by atoms with van der Waals surface area (Å²) >= 11 is 0. The van der Waals surface area contributed by atoms with Crippen molar-refractivity contribution in [2.24, 2.45) is 4.99 Å². The fourth-order valence-electron chi connectivity index (χ4n) is 1.28. The van der Waals surface area contributed by atoms with Crippen molar-refractivity contribution in [3.05, 3.63) is 48.7 Å². The first kappa shape index (κ1) is 11.2. The highest BCUT2D eigenvalue weighted by molar-refractivity contribution is 5.81. The summed E-state index contributed by atoms with van der Waals surface area (Å²) < 4.78 is 5.30. The van der Waals surface area contributed by atoms with Gasteiger partial charge in [-0.25, -0.2) is 0 Å². The molecule has 0 bridgehead atoms. The van der Waals surface area contributed by atoms with Crippen LogP contribution in [0.25, 0.3) is 5.57 Å². The highest BCUT2D eigenvalue weighted by atomic mass is 16.5. The van der Waals surface area contributed by atoms with Gasteiger partial charge in [-0.15, -0.1) is 0 Å². The molecular formula is C13H15NO. The van der Waals surface area contributed by atoms with Crippen molar-refractivity contribution >= 4 is 18.0 Å². The SMILES string of the molecule is C=Nc1ccccc1C(=C)C(=C)OCC. The van der Waals surface area contributed by atoms with Crippen LogP contribution in [0.3, 0.4) is 0 Å². The average Bonchev–Trinajstić information content (AvgIpc) is 2.28. The number of rotatable bonds is 5. The minimum Gasteiger partial charge on any atom is -0.494 e. The third-order valence-corrected chi connectivity index (χ3v) is 2.05. The Bertz CT molecular complexity index is 393. The highest BCUT2D eigenvalue weighted by Gasteiger charge is 2.07. The van der Waals surface area contributed by atoms with E-state index in [-0.39, 0.29) is 0 Å². The van der Waals surface area contributed by atoms with E-state index < -0.39 is 0 Å². The maximum atomic E-state index is 5.30. The molecule has 2 nitrogen and oxygen atoms in total. The van der Waals surface area contributed by atoms with Crippen molar-refractivity contribution in [1.82, 2.24) is 0 Å². The summed E-state index contributed by atoms with van der Waals surface area (Å²) in [4.78, 5) is 3.93. The lowest BCUT2D eigenvalue weighted by atomic mass is 10.0. The molecular weight excluding hydrogens is 186 g/mol. The minimum absolute atomic E-state index is 0.577. The third kappa shape index (κ3) is 2.56. The average molecular weight is 201 g/mol. The summed E-state index contributed by atoms with van der Waals surface area (Å²) in [6.07, 6.45) is 0. The van der Waals surface area contributed by atoms with Gasteiger partial charge >= 0.3 is 0 Å². The van der Waals surface area contributed by atoms with Crippen molar-refractivity contribution < 1.29 is 4.74 Å². The first-order valence-corrected chi connectivity index (χ1v) is 4.77. The molecule has 1 aromatic carbocycles. The first-order chi connectivity index (χ1) is 7.20. The van der Waals surface area contributed by atoms with Gasteiger partial charge in [-0.3, -0.25) is 4.99 Å². The molecule has 0 fully saturated rings. The van der Waals surface area contributed by atoms with E-state index in [1.165, 1.54) is 0 Å². The standard InChI is InChI=1S/C13H15NO/c1-5-15-11(3)10(2)12-8-6-7-9-13(12)14-4/h6-9H,2-5H2,1H3. The molecule has 0 spiro atoms. The van der Waals surface area contributed by atoms with E-state index in [1.807, 2.05) is 31.2 Å². The Morgan fingerprint density at radius 1 is 1.33 bits per heavy atom. The van der Waals surface area contributed by atoms with Crippen LogP contribution in [-0.2, 0) is 4.74 Å². The molecule has 0 saturated carbocycles. The molecule has 0 radical (unpaired) electrons. The summed E-state index contributed by atoms with van der Waals surface area (Å²) in [5, 5.41) is 0. The third-order valence-electron chi connectivity index (χ3n) is 2.05. The largest absolute Gasteiger partial charge is 0.494 e. The van der Waals surface area contributed by atoms with E-state index in [0.717, 1.165) is 16.8 Å². The van der Waals surface area contributed by atoms with Crippen LogP contribution in [0.4, 0.5) is 5.69 Å². The lowest BCUT2D eigenvalue weighted by Gasteiger charge is -2.11. The van der Waals surface area contributed by atoms with Crippen LogP contribution in [0.2, 0.25) is 0 Å². The summed E-state index contributed by atoms with van der Waals surface area (Å²) in [5.41, 5.74) is 2.45. The first-order valence-electron chi connectivity index (χ1n) is 4.77. The molecule has 0 unspecified atom stereocenters. The van der Waals surface area contributed by atoms with Gasteiger partial charge in [0, 0.05) is 11.1 Å². The Morgan fingerprint density at radius 3 is 2.60 bits per heavy atom. The predicted octanol–water partition coefficient (Wildman–Crippen LogP) is 3.58. The van der Waals surface area contributed by atoms with Gasteiger partial charge in [-0.05, 0) is 19.7 Å². The molecule has 15 heavy (non-hydrogen) atoms. The second kappa shape index (κ2) is 5.15. The molecule has 1 rings (SSSR count). The molecule has 0 aliphatic rings. The Labute approximate surface area is 90.6 Å². The molecule has 0 amide bonds. The number of ether oxygens (including phenoxy) is 1. The van der Waals surface area contributed by atoms with Crippen molar-refractivity contribution in [2.45, 2.75) is 6.92 Å². The zero-order valence-corrected chi connectivity index (χ0v) is 8.99. The molecule has 0 aliphatic carbocycles. The van der Waals surface area contributed by atoms with Gasteiger partial charge < -0.3 is 4.74 Å². The van der Waals surface area contributed by atoms with Crippen molar-refractivity contribution in [1.29, 1.82) is 0 Å². The van der Waals surface area contributed by atoms with E-state index in [4.69, 9.17) is 4.74 Å². The van der Waals surface area contributed by atoms with Crippen molar-refractivity contribution in [3.63, 3.8) is 0 Å². The number of benzene rings is 1. The Morgan fingerprint density at radius 2 is 2.00 bits per heavy atom. The van der Waals surface area contributed by atoms with Crippen LogP contribution in [-0.4, -0.2) is 13.3 Å². The Hall–Kier alpha value is -1.83. The summed E-state index contributed by atoms with van der Waals surface area (Å²) in [6.45, 7) is 13.8. The van der Waals surface area contributed by atoms with E-state index in [9.17, 15) is 0 Å². The lowest BCUT2D eigenvalue weighted by Crippen LogP contribution is -1.93. The Kier molecular flexibility index (Phi) is 3.86. The monoisotopic (exact) mass is 201 g/mol. The summed E-state index contributed by atoms with van der Waals surface area (Å²) in [7, 11) is 0. The number of hydrogen-bond acceptors (Lipinski definition) is 2. The fourth-order valence-corrected chi connectivity index (χ4v) is 1.28. The van der Waals surface area contributed by atoms with Gasteiger partial charge in [0.25, 0.3) is 0 Å². The van der Waals surface area contributed by atoms with Gasteiger partial charge in [0.2, 0.25) is 0 Å². The summed E-state index contributed by atoms with van der Waals surface area (Å²) in [6, 6.07) is 7.64. The van der Waals surface area contributed by atoms with Gasteiger partial charge in [-0.2, -0.15) is 0 Å². The fraction of sp³-hybridized carbons (Fsp3) is 0.154. The predicted molar refractivity (Wildman–Crippen MR) is 65.5 cm³/mol. The van der Waals surface area contributed by atoms with Crippen molar-refractivity contribution in [2.75, 3.05) is 6.61 Å². The molecule has 0 aliphatic heterocycles. The maximum Gasteiger partial charge on any atom is 0.119 e. The van der Waals surface area contributed by atoms with Gasteiger partial charge in [0.1, 0.15) is 5.76 Å². The van der Waals surface area contributed by atoms with Crippen molar-refractivity contribution in [3.8, 4) is 0 Å². The van der Waals surface area contributed by atoms with Crippen LogP contribution < -0.4 is 0 Å². The zero-order chi connectivity index (χ0) is 11.3. The van der Waals surface area contributed by atoms with Gasteiger partial charge in [0.15, 0.2) is 0 Å². The van der Waals surface area contributed by atoms with Crippen LogP contribution in [0, 0.1) is 0 Å². The molecule has 2 heteroatoms. The maximum absolute atomic E-state index is 5.30. The van der Waals surface area contributed by atoms with Crippen LogP contribution in [0.1, 0.15) is 12.5 Å². The van der Waals surface area contributed by atoms with Crippen LogP contribution >= 0.6 is 0 Å².